The SMILES string of the molecule is NNc1ccc(C(=O)NCc2cccs2)nn1. The van der Waals surface area contributed by atoms with Crippen LogP contribution in [0, 0.1) is 0 Å². The van der Waals surface area contributed by atoms with Gasteiger partial charge in [0.2, 0.25) is 0 Å². The van der Waals surface area contributed by atoms with Gasteiger partial charge < -0.3 is 10.7 Å². The van der Waals surface area contributed by atoms with Gasteiger partial charge in [-0.1, -0.05) is 6.07 Å². The second kappa shape index (κ2) is 5.37. The van der Waals surface area contributed by atoms with E-state index >= 15 is 0 Å². The zero-order chi connectivity index (χ0) is 12.1. The first kappa shape index (κ1) is 11.5. The van der Waals surface area contributed by atoms with Crippen molar-refractivity contribution in [3.8, 4) is 0 Å². The highest BCUT2D eigenvalue weighted by molar-refractivity contribution is 7.09. The number of nitrogens with zero attached hydrogens (tertiary/aromatic N) is 2. The van der Waals surface area contributed by atoms with Gasteiger partial charge in [-0.05, 0) is 23.6 Å². The standard InChI is InChI=1S/C10H11N5OS/c11-13-9-4-3-8(14-15-9)10(16)12-6-7-2-1-5-17-7/h1-5H,6,11H2,(H,12,16)(H,13,15). The summed E-state index contributed by atoms with van der Waals surface area (Å²) in [6.07, 6.45) is 0. The summed E-state index contributed by atoms with van der Waals surface area (Å²) in [6.45, 7) is 0.495. The molecule has 0 saturated heterocycles. The van der Waals surface area contributed by atoms with Crippen molar-refractivity contribution in [2.24, 2.45) is 5.84 Å². The van der Waals surface area contributed by atoms with Crippen molar-refractivity contribution >= 4 is 23.1 Å². The van der Waals surface area contributed by atoms with Crippen LogP contribution in [0.15, 0.2) is 29.6 Å². The molecule has 2 aromatic heterocycles. The van der Waals surface area contributed by atoms with Gasteiger partial charge in [-0.25, -0.2) is 5.84 Å². The molecule has 0 atom stereocenters. The number of carbonyl (C=O) groups excluding carboxylic acids is 1. The molecule has 0 saturated carbocycles. The Bertz CT molecular complexity index is 482. The van der Waals surface area contributed by atoms with Crippen molar-refractivity contribution in [2.75, 3.05) is 5.43 Å². The predicted octanol–water partition coefficient (Wildman–Crippen LogP) is 0.754. The Morgan fingerprint density at radius 2 is 2.24 bits per heavy atom. The van der Waals surface area contributed by atoms with E-state index in [0.717, 1.165) is 4.88 Å². The molecule has 0 spiro atoms. The first-order valence-corrected chi connectivity index (χ1v) is 5.78. The van der Waals surface area contributed by atoms with Crippen LogP contribution in [0.25, 0.3) is 0 Å². The van der Waals surface area contributed by atoms with E-state index in [4.69, 9.17) is 5.84 Å². The lowest BCUT2D eigenvalue weighted by molar-refractivity contribution is 0.0945. The van der Waals surface area contributed by atoms with E-state index in [9.17, 15) is 4.79 Å². The molecule has 0 aromatic carbocycles. The van der Waals surface area contributed by atoms with E-state index < -0.39 is 0 Å². The summed E-state index contributed by atoms with van der Waals surface area (Å²) in [5.41, 5.74) is 2.61. The largest absolute Gasteiger partial charge is 0.346 e. The zero-order valence-corrected chi connectivity index (χ0v) is 9.70. The lowest BCUT2D eigenvalue weighted by Gasteiger charge is -2.03. The molecule has 0 aliphatic rings. The second-order valence-electron chi connectivity index (χ2n) is 3.21. The van der Waals surface area contributed by atoms with Crippen LogP contribution in [-0.2, 0) is 6.54 Å². The summed E-state index contributed by atoms with van der Waals surface area (Å²) >= 11 is 1.59. The number of nitrogens with two attached hydrogens (primary N) is 1. The molecule has 4 N–H and O–H groups in total. The van der Waals surface area contributed by atoms with E-state index in [2.05, 4.69) is 20.9 Å². The monoisotopic (exact) mass is 249 g/mol. The van der Waals surface area contributed by atoms with Gasteiger partial charge in [0, 0.05) is 4.88 Å². The molecule has 0 radical (unpaired) electrons. The van der Waals surface area contributed by atoms with Gasteiger partial charge >= 0.3 is 0 Å². The van der Waals surface area contributed by atoms with Crippen molar-refractivity contribution in [3.05, 3.63) is 40.2 Å². The third-order valence-electron chi connectivity index (χ3n) is 2.05. The summed E-state index contributed by atoms with van der Waals surface area (Å²) in [7, 11) is 0. The van der Waals surface area contributed by atoms with Crippen molar-refractivity contribution < 1.29 is 4.79 Å². The fourth-order valence-corrected chi connectivity index (χ4v) is 1.85. The quantitative estimate of drug-likeness (QED) is 0.549. The van der Waals surface area contributed by atoms with E-state index in [1.165, 1.54) is 0 Å². The van der Waals surface area contributed by atoms with E-state index in [1.54, 1.807) is 23.5 Å². The zero-order valence-electron chi connectivity index (χ0n) is 8.88. The average Bonchev–Trinajstić information content (AvgIpc) is 2.89. The van der Waals surface area contributed by atoms with Gasteiger partial charge in [0.25, 0.3) is 5.91 Å². The molecule has 0 bridgehead atoms. The topological polar surface area (TPSA) is 92.9 Å². The number of hydrogen-bond acceptors (Lipinski definition) is 6. The number of thiophene rings is 1. The molecule has 2 heterocycles. The first-order valence-electron chi connectivity index (χ1n) is 4.90. The fourth-order valence-electron chi connectivity index (χ4n) is 1.20. The highest BCUT2D eigenvalue weighted by Gasteiger charge is 2.07. The van der Waals surface area contributed by atoms with Crippen LogP contribution in [0.2, 0.25) is 0 Å². The number of carbonyl (C=O) groups is 1. The van der Waals surface area contributed by atoms with Crippen LogP contribution in [0.4, 0.5) is 5.82 Å². The molecular weight excluding hydrogens is 238 g/mol. The van der Waals surface area contributed by atoms with Gasteiger partial charge in [-0.2, -0.15) is 0 Å². The Labute approximate surface area is 102 Å². The fraction of sp³-hybridized carbons (Fsp3) is 0.100. The molecule has 7 heteroatoms. The van der Waals surface area contributed by atoms with Crippen LogP contribution in [0.5, 0.6) is 0 Å². The minimum absolute atomic E-state index is 0.255. The lowest BCUT2D eigenvalue weighted by Crippen LogP contribution is -2.24. The Morgan fingerprint density at radius 3 is 2.82 bits per heavy atom. The minimum Gasteiger partial charge on any atom is -0.346 e. The Kier molecular flexibility index (Phi) is 3.63. The van der Waals surface area contributed by atoms with Gasteiger partial charge in [-0.15, -0.1) is 21.5 Å². The molecule has 6 nitrogen and oxygen atoms in total. The highest BCUT2D eigenvalue weighted by Crippen LogP contribution is 2.08. The molecule has 0 unspecified atom stereocenters. The van der Waals surface area contributed by atoms with Crippen LogP contribution < -0.4 is 16.6 Å². The number of rotatable bonds is 4. The smallest absolute Gasteiger partial charge is 0.272 e. The maximum atomic E-state index is 11.7. The Balaban J connectivity index is 1.95. The van der Waals surface area contributed by atoms with Crippen molar-refractivity contribution in [2.45, 2.75) is 6.54 Å². The minimum atomic E-state index is -0.255. The van der Waals surface area contributed by atoms with Crippen molar-refractivity contribution in [1.82, 2.24) is 15.5 Å². The van der Waals surface area contributed by atoms with E-state index in [1.807, 2.05) is 17.5 Å². The molecule has 0 aliphatic carbocycles. The molecule has 2 rings (SSSR count). The van der Waals surface area contributed by atoms with Crippen molar-refractivity contribution in [1.29, 1.82) is 0 Å². The van der Waals surface area contributed by atoms with Gasteiger partial charge in [0.1, 0.15) is 0 Å². The van der Waals surface area contributed by atoms with Gasteiger partial charge in [0.15, 0.2) is 11.5 Å². The highest BCUT2D eigenvalue weighted by atomic mass is 32.1. The maximum Gasteiger partial charge on any atom is 0.272 e. The van der Waals surface area contributed by atoms with Crippen LogP contribution in [0.1, 0.15) is 15.4 Å². The van der Waals surface area contributed by atoms with E-state index in [-0.39, 0.29) is 11.6 Å². The summed E-state index contributed by atoms with van der Waals surface area (Å²) in [4.78, 5) is 12.8. The predicted molar refractivity (Wildman–Crippen MR) is 65.3 cm³/mol. The number of amides is 1. The number of aromatic nitrogens is 2. The lowest BCUT2D eigenvalue weighted by atomic mass is 10.3. The molecule has 0 aliphatic heterocycles. The normalized spacial score (nSPS) is 9.94. The van der Waals surface area contributed by atoms with Crippen LogP contribution in [0.3, 0.4) is 0 Å². The molecule has 2 aromatic rings. The molecule has 1 amide bonds. The summed E-state index contributed by atoms with van der Waals surface area (Å²) < 4.78 is 0. The summed E-state index contributed by atoms with van der Waals surface area (Å²) in [5, 5.41) is 12.2. The maximum absolute atomic E-state index is 11.7. The number of nitrogen functional groups attached to an aromatic ring is 1. The molecule has 88 valence electrons. The number of hydrazine groups is 1. The Hall–Kier alpha value is -1.99. The summed E-state index contributed by atoms with van der Waals surface area (Å²) in [5.74, 6) is 5.31. The number of hydrogen-bond donors (Lipinski definition) is 3. The summed E-state index contributed by atoms with van der Waals surface area (Å²) in [6, 6.07) is 7.05. The second-order valence-corrected chi connectivity index (χ2v) is 4.24. The number of nitrogens with one attached hydrogen (secondary N) is 2. The molecule has 0 fully saturated rings. The average molecular weight is 249 g/mol. The molecule has 17 heavy (non-hydrogen) atoms. The third kappa shape index (κ3) is 2.99. The van der Waals surface area contributed by atoms with Gasteiger partial charge in [0.05, 0.1) is 6.54 Å². The molecular formula is C10H11N5OS. The van der Waals surface area contributed by atoms with E-state index in [0.29, 0.717) is 12.4 Å². The van der Waals surface area contributed by atoms with Gasteiger partial charge in [-0.3, -0.25) is 4.79 Å². The Morgan fingerprint density at radius 1 is 1.35 bits per heavy atom. The van der Waals surface area contributed by atoms with Crippen LogP contribution >= 0.6 is 11.3 Å². The van der Waals surface area contributed by atoms with Crippen LogP contribution in [-0.4, -0.2) is 16.1 Å². The number of anilines is 1. The third-order valence-corrected chi connectivity index (χ3v) is 2.92. The van der Waals surface area contributed by atoms with Crippen molar-refractivity contribution in [3.63, 3.8) is 0 Å². The first-order chi connectivity index (χ1) is 8.29.